The van der Waals surface area contributed by atoms with Gasteiger partial charge in [0.05, 0.1) is 0 Å². The van der Waals surface area contributed by atoms with Crippen molar-refractivity contribution in [1.82, 2.24) is 9.80 Å². The fraction of sp³-hybridized carbons (Fsp3) is 0.800. The Morgan fingerprint density at radius 2 is 1.93 bits per heavy atom. The molecule has 2 N–H and O–H groups in total. The number of carbonyl (C=O) groups is 2. The van der Waals surface area contributed by atoms with Crippen LogP contribution in [0.4, 0.5) is 4.79 Å². The second-order valence-corrected chi connectivity index (χ2v) is 4.97. The van der Waals surface area contributed by atoms with Gasteiger partial charge in [0.1, 0.15) is 6.54 Å². The van der Waals surface area contributed by atoms with Crippen LogP contribution in [0, 0.1) is 0 Å². The van der Waals surface area contributed by atoms with Gasteiger partial charge in [-0.25, -0.2) is 4.79 Å². The van der Waals surface area contributed by atoms with Gasteiger partial charge in [-0.1, -0.05) is 0 Å². The van der Waals surface area contributed by atoms with Crippen molar-refractivity contribution in [3.8, 4) is 0 Å². The molecule has 1 aliphatic heterocycles. The molecule has 0 radical (unpaired) electrons. The number of hydrogen-bond donors (Lipinski definition) is 1. The molecule has 0 spiro atoms. The molecule has 1 aliphatic rings. The molecule has 1 rings (SSSR count). The molecule has 0 bridgehead atoms. The molecular formula is C10H19N3O2. The number of amides is 3. The van der Waals surface area contributed by atoms with Gasteiger partial charge in [-0.05, 0) is 27.7 Å². The number of nitrogens with zero attached hydrogens (tertiary/aromatic N) is 2. The highest BCUT2D eigenvalue weighted by atomic mass is 16.2. The minimum Gasteiger partial charge on any atom is -0.324 e. The molecule has 0 unspecified atom stereocenters. The summed E-state index contributed by atoms with van der Waals surface area (Å²) >= 11 is 0. The molecule has 5 nitrogen and oxygen atoms in total. The molecule has 1 heterocycles. The second-order valence-electron chi connectivity index (χ2n) is 4.97. The Labute approximate surface area is 90.2 Å². The highest BCUT2D eigenvalue weighted by Crippen LogP contribution is 2.15. The molecular weight excluding hydrogens is 194 g/mol. The van der Waals surface area contributed by atoms with E-state index in [0.717, 1.165) is 0 Å². The monoisotopic (exact) mass is 213 g/mol. The van der Waals surface area contributed by atoms with E-state index in [4.69, 9.17) is 5.73 Å². The summed E-state index contributed by atoms with van der Waals surface area (Å²) in [4.78, 5) is 26.2. The third-order valence-electron chi connectivity index (χ3n) is 2.27. The molecule has 5 heteroatoms. The number of nitrogens with two attached hydrogens (primary N) is 1. The van der Waals surface area contributed by atoms with Crippen LogP contribution in [0.3, 0.4) is 0 Å². The molecule has 86 valence electrons. The Balaban J connectivity index is 2.76. The summed E-state index contributed by atoms with van der Waals surface area (Å²) in [6.07, 6.45) is 0. The minimum atomic E-state index is -0.543. The lowest BCUT2D eigenvalue weighted by atomic mass is 10.1. The third kappa shape index (κ3) is 2.68. The summed E-state index contributed by atoms with van der Waals surface area (Å²) < 4.78 is 0. The Bertz CT molecular complexity index is 281. The predicted molar refractivity (Wildman–Crippen MR) is 57.2 cm³/mol. The van der Waals surface area contributed by atoms with Crippen molar-refractivity contribution >= 4 is 11.9 Å². The fourth-order valence-corrected chi connectivity index (χ4v) is 1.53. The highest BCUT2D eigenvalue weighted by molar-refractivity contribution is 6.02. The van der Waals surface area contributed by atoms with Gasteiger partial charge in [-0.2, -0.15) is 0 Å². The van der Waals surface area contributed by atoms with Crippen LogP contribution in [0.2, 0.25) is 0 Å². The summed E-state index contributed by atoms with van der Waals surface area (Å²) in [6.45, 7) is 7.82. The van der Waals surface area contributed by atoms with Gasteiger partial charge >= 0.3 is 6.03 Å². The molecule has 3 amide bonds. The number of carbonyl (C=O) groups excluding carboxylic acids is 2. The molecule has 0 aliphatic carbocycles. The van der Waals surface area contributed by atoms with Gasteiger partial charge in [0.2, 0.25) is 5.91 Å². The predicted octanol–water partition coefficient (Wildman–Crippen LogP) is 0.396. The summed E-state index contributed by atoms with van der Waals surface area (Å²) in [5.74, 6) is -0.160. The van der Waals surface area contributed by atoms with Crippen LogP contribution in [0.1, 0.15) is 27.7 Å². The smallest absolute Gasteiger partial charge is 0.324 e. The van der Waals surface area contributed by atoms with Crippen LogP contribution in [0.15, 0.2) is 0 Å². The Morgan fingerprint density at radius 1 is 1.40 bits per heavy atom. The Hall–Kier alpha value is -1.10. The van der Waals surface area contributed by atoms with Gasteiger partial charge in [0, 0.05) is 18.1 Å². The lowest BCUT2D eigenvalue weighted by molar-refractivity contribution is -0.125. The number of urea groups is 1. The first-order valence-electron chi connectivity index (χ1n) is 5.12. The SMILES string of the molecule is CC(C)N1CC(=O)N(CC(C)(C)N)C1=O. The van der Waals surface area contributed by atoms with E-state index in [-0.39, 0.29) is 31.1 Å². The van der Waals surface area contributed by atoms with Crippen LogP contribution in [0.5, 0.6) is 0 Å². The number of rotatable bonds is 3. The van der Waals surface area contributed by atoms with Gasteiger partial charge in [-0.3, -0.25) is 9.69 Å². The van der Waals surface area contributed by atoms with Crippen molar-refractivity contribution in [3.63, 3.8) is 0 Å². The van der Waals surface area contributed by atoms with E-state index in [1.165, 1.54) is 4.90 Å². The van der Waals surface area contributed by atoms with E-state index in [9.17, 15) is 9.59 Å². The van der Waals surface area contributed by atoms with Gasteiger partial charge < -0.3 is 10.6 Å². The average molecular weight is 213 g/mol. The van der Waals surface area contributed by atoms with E-state index < -0.39 is 5.54 Å². The first-order valence-corrected chi connectivity index (χ1v) is 5.12. The molecule has 0 aromatic carbocycles. The molecule has 0 atom stereocenters. The zero-order valence-electron chi connectivity index (χ0n) is 9.78. The van der Waals surface area contributed by atoms with Crippen molar-refractivity contribution < 1.29 is 9.59 Å². The summed E-state index contributed by atoms with van der Waals surface area (Å²) in [6, 6.07) is -0.180. The number of imide groups is 1. The standard InChI is InChI=1S/C10H19N3O2/c1-7(2)12-5-8(14)13(9(12)15)6-10(3,4)11/h7H,5-6,11H2,1-4H3. The van der Waals surface area contributed by atoms with Crippen molar-refractivity contribution in [2.75, 3.05) is 13.1 Å². The fourth-order valence-electron chi connectivity index (χ4n) is 1.53. The largest absolute Gasteiger partial charge is 0.327 e. The van der Waals surface area contributed by atoms with Gasteiger partial charge in [0.25, 0.3) is 0 Å². The first kappa shape index (κ1) is 12.0. The van der Waals surface area contributed by atoms with Gasteiger partial charge in [0.15, 0.2) is 0 Å². The topological polar surface area (TPSA) is 66.6 Å². The highest BCUT2D eigenvalue weighted by Gasteiger charge is 2.38. The maximum Gasteiger partial charge on any atom is 0.327 e. The maximum absolute atomic E-state index is 11.8. The molecule has 1 fully saturated rings. The normalized spacial score (nSPS) is 18.3. The molecule has 0 aromatic rings. The van der Waals surface area contributed by atoms with E-state index in [1.54, 1.807) is 18.7 Å². The summed E-state index contributed by atoms with van der Waals surface area (Å²) in [7, 11) is 0. The van der Waals surface area contributed by atoms with Gasteiger partial charge in [-0.15, -0.1) is 0 Å². The maximum atomic E-state index is 11.8. The van der Waals surface area contributed by atoms with E-state index in [2.05, 4.69) is 0 Å². The zero-order chi connectivity index (χ0) is 11.8. The second kappa shape index (κ2) is 3.81. The average Bonchev–Trinajstić information content (AvgIpc) is 2.29. The lowest BCUT2D eigenvalue weighted by Gasteiger charge is -2.25. The third-order valence-corrected chi connectivity index (χ3v) is 2.27. The van der Waals surface area contributed by atoms with Crippen LogP contribution in [-0.2, 0) is 4.79 Å². The lowest BCUT2D eigenvalue weighted by Crippen LogP contribution is -2.48. The van der Waals surface area contributed by atoms with Crippen LogP contribution < -0.4 is 5.73 Å². The van der Waals surface area contributed by atoms with Crippen molar-refractivity contribution in [2.24, 2.45) is 5.73 Å². The van der Waals surface area contributed by atoms with E-state index >= 15 is 0 Å². The number of hydrogen-bond acceptors (Lipinski definition) is 3. The Morgan fingerprint density at radius 3 is 2.27 bits per heavy atom. The quantitative estimate of drug-likeness (QED) is 0.690. The zero-order valence-corrected chi connectivity index (χ0v) is 9.78. The molecule has 15 heavy (non-hydrogen) atoms. The van der Waals surface area contributed by atoms with Crippen LogP contribution in [0.25, 0.3) is 0 Å². The first-order chi connectivity index (χ1) is 6.72. The van der Waals surface area contributed by atoms with Crippen molar-refractivity contribution in [2.45, 2.75) is 39.3 Å². The molecule has 0 aromatic heterocycles. The molecule has 1 saturated heterocycles. The van der Waals surface area contributed by atoms with Crippen molar-refractivity contribution in [1.29, 1.82) is 0 Å². The van der Waals surface area contributed by atoms with E-state index in [0.29, 0.717) is 0 Å². The van der Waals surface area contributed by atoms with Crippen LogP contribution in [-0.4, -0.2) is 46.4 Å². The van der Waals surface area contributed by atoms with Crippen molar-refractivity contribution in [3.05, 3.63) is 0 Å². The minimum absolute atomic E-state index is 0.0485. The summed E-state index contributed by atoms with van der Waals surface area (Å²) in [5.41, 5.74) is 5.25. The summed E-state index contributed by atoms with van der Waals surface area (Å²) in [5, 5.41) is 0. The van der Waals surface area contributed by atoms with Crippen LogP contribution >= 0.6 is 0 Å². The Kier molecular flexibility index (Phi) is 3.04. The molecule has 0 saturated carbocycles. The van der Waals surface area contributed by atoms with E-state index in [1.807, 2.05) is 13.8 Å².